The molecular formula is C24H28N6O2. The Morgan fingerprint density at radius 2 is 2.12 bits per heavy atom. The molecule has 3 heterocycles. The summed E-state index contributed by atoms with van der Waals surface area (Å²) in [7, 11) is 1.56. The number of pyridine rings is 3. The molecule has 1 unspecified atom stereocenters. The van der Waals surface area contributed by atoms with Crippen LogP contribution in [0.3, 0.4) is 0 Å². The number of rotatable bonds is 12. The molecule has 3 rings (SSSR count). The lowest BCUT2D eigenvalue weighted by atomic mass is 10.0. The number of nitrogens with zero attached hydrogens (tertiary/aromatic N) is 4. The van der Waals surface area contributed by atoms with E-state index in [1.807, 2.05) is 37.3 Å². The summed E-state index contributed by atoms with van der Waals surface area (Å²) >= 11 is 0. The third-order valence-electron chi connectivity index (χ3n) is 5.11. The quantitative estimate of drug-likeness (QED) is 0.330. The molecule has 0 saturated heterocycles. The van der Waals surface area contributed by atoms with Crippen molar-refractivity contribution in [2.75, 3.05) is 7.11 Å². The molecule has 0 amide bonds. The molecule has 166 valence electrons. The van der Waals surface area contributed by atoms with Crippen molar-refractivity contribution in [3.8, 4) is 5.88 Å². The summed E-state index contributed by atoms with van der Waals surface area (Å²) in [6.07, 6.45) is 7.59. The predicted octanol–water partition coefficient (Wildman–Crippen LogP) is 4.06. The highest BCUT2D eigenvalue weighted by Crippen LogP contribution is 2.19. The summed E-state index contributed by atoms with van der Waals surface area (Å²) in [6, 6.07) is 11.2. The van der Waals surface area contributed by atoms with Gasteiger partial charge in [0.05, 0.1) is 18.9 Å². The SMILES string of the molecule is CCC(=O)CC(N/N=C(\C=N)CCCc1ccc2cccnc2n1)c1ccc(OC)nc1. The number of methoxy groups -OCH3 is 1. The molecule has 32 heavy (non-hydrogen) atoms. The van der Waals surface area contributed by atoms with E-state index in [2.05, 4.69) is 25.5 Å². The van der Waals surface area contributed by atoms with Crippen LogP contribution in [0.25, 0.3) is 11.0 Å². The summed E-state index contributed by atoms with van der Waals surface area (Å²) in [6.45, 7) is 1.84. The van der Waals surface area contributed by atoms with Crippen LogP contribution in [0.4, 0.5) is 0 Å². The van der Waals surface area contributed by atoms with Crippen LogP contribution in [0.5, 0.6) is 5.88 Å². The van der Waals surface area contributed by atoms with E-state index in [0.717, 1.165) is 35.1 Å². The molecule has 0 saturated carbocycles. The van der Waals surface area contributed by atoms with Gasteiger partial charge in [-0.2, -0.15) is 5.10 Å². The van der Waals surface area contributed by atoms with Gasteiger partial charge in [-0.25, -0.2) is 15.0 Å². The second-order valence-corrected chi connectivity index (χ2v) is 7.37. The fraction of sp³-hybridized carbons (Fsp3) is 0.333. The lowest BCUT2D eigenvalue weighted by molar-refractivity contribution is -0.119. The standard InChI is InChI=1S/C24H28N6O2/c1-3-21(31)14-22(18-10-12-23(32-2)27-16-18)30-29-20(15-25)8-4-7-19-11-9-17-6-5-13-26-24(17)28-19/h5-6,9-13,15-16,22,25,30H,3-4,7-8,14H2,1-2H3/b25-15?,29-20-. The molecule has 2 N–H and O–H groups in total. The number of aromatic nitrogens is 3. The Morgan fingerprint density at radius 3 is 2.84 bits per heavy atom. The lowest BCUT2D eigenvalue weighted by Gasteiger charge is -2.17. The maximum Gasteiger partial charge on any atom is 0.212 e. The Balaban J connectivity index is 1.62. The number of hydrogen-bond acceptors (Lipinski definition) is 8. The normalized spacial score (nSPS) is 12.4. The lowest BCUT2D eigenvalue weighted by Crippen LogP contribution is -2.21. The minimum Gasteiger partial charge on any atom is -0.481 e. The zero-order chi connectivity index (χ0) is 22.8. The number of aryl methyl sites for hydroxylation is 1. The van der Waals surface area contributed by atoms with Crippen LogP contribution in [0.1, 0.15) is 49.9 Å². The van der Waals surface area contributed by atoms with Crippen LogP contribution in [-0.2, 0) is 11.2 Å². The van der Waals surface area contributed by atoms with Gasteiger partial charge in [0.15, 0.2) is 5.65 Å². The average molecular weight is 433 g/mol. The summed E-state index contributed by atoms with van der Waals surface area (Å²) < 4.78 is 5.11. The van der Waals surface area contributed by atoms with Crippen LogP contribution in [-0.4, -0.2) is 39.8 Å². The molecule has 0 aliphatic heterocycles. The monoisotopic (exact) mass is 432 g/mol. The van der Waals surface area contributed by atoms with Crippen molar-refractivity contribution in [2.45, 2.75) is 45.1 Å². The Kier molecular flexibility index (Phi) is 8.36. The molecule has 8 nitrogen and oxygen atoms in total. The number of hydrazone groups is 1. The highest BCUT2D eigenvalue weighted by Gasteiger charge is 2.15. The van der Waals surface area contributed by atoms with Gasteiger partial charge < -0.3 is 15.6 Å². The third kappa shape index (κ3) is 6.41. The second kappa shape index (κ2) is 11.6. The second-order valence-electron chi connectivity index (χ2n) is 7.37. The van der Waals surface area contributed by atoms with Crippen molar-refractivity contribution < 1.29 is 9.53 Å². The van der Waals surface area contributed by atoms with E-state index in [0.29, 0.717) is 30.9 Å². The highest BCUT2D eigenvalue weighted by molar-refractivity contribution is 6.29. The van der Waals surface area contributed by atoms with Crippen LogP contribution >= 0.6 is 0 Å². The zero-order valence-electron chi connectivity index (χ0n) is 18.4. The van der Waals surface area contributed by atoms with Crippen LogP contribution in [0.15, 0.2) is 53.9 Å². The van der Waals surface area contributed by atoms with Crippen molar-refractivity contribution in [1.29, 1.82) is 5.41 Å². The van der Waals surface area contributed by atoms with Crippen molar-refractivity contribution in [2.24, 2.45) is 5.10 Å². The maximum absolute atomic E-state index is 12.1. The van der Waals surface area contributed by atoms with Gasteiger partial charge in [0, 0.05) is 48.6 Å². The van der Waals surface area contributed by atoms with Gasteiger partial charge >= 0.3 is 0 Å². The Bertz CT molecular complexity index is 1080. The number of nitrogens with one attached hydrogen (secondary N) is 2. The minimum absolute atomic E-state index is 0.126. The Labute approximate surface area is 187 Å². The van der Waals surface area contributed by atoms with Gasteiger partial charge in [0.2, 0.25) is 5.88 Å². The van der Waals surface area contributed by atoms with Crippen molar-refractivity contribution in [3.63, 3.8) is 0 Å². The van der Waals surface area contributed by atoms with Gasteiger partial charge in [-0.15, -0.1) is 0 Å². The highest BCUT2D eigenvalue weighted by atomic mass is 16.5. The molecule has 0 aliphatic carbocycles. The van der Waals surface area contributed by atoms with Crippen LogP contribution in [0.2, 0.25) is 0 Å². The number of carbonyl (C=O) groups excluding carboxylic acids is 1. The number of ether oxygens (including phenoxy) is 1. The number of Topliss-reactive ketones (excluding diaryl/α,β-unsaturated/α-hetero) is 1. The zero-order valence-corrected chi connectivity index (χ0v) is 18.4. The first kappa shape index (κ1) is 23.0. The van der Waals surface area contributed by atoms with E-state index in [9.17, 15) is 4.79 Å². The van der Waals surface area contributed by atoms with Crippen LogP contribution in [0, 0.1) is 5.41 Å². The molecule has 8 heteroatoms. The molecule has 0 radical (unpaired) electrons. The summed E-state index contributed by atoms with van der Waals surface area (Å²) in [5.74, 6) is 0.636. The van der Waals surface area contributed by atoms with E-state index in [1.54, 1.807) is 25.6 Å². The average Bonchev–Trinajstić information content (AvgIpc) is 2.85. The van der Waals surface area contributed by atoms with E-state index >= 15 is 0 Å². The fourth-order valence-corrected chi connectivity index (χ4v) is 3.23. The van der Waals surface area contributed by atoms with E-state index in [4.69, 9.17) is 10.1 Å². The summed E-state index contributed by atoms with van der Waals surface area (Å²) in [5.41, 5.74) is 6.23. The van der Waals surface area contributed by atoms with E-state index in [-0.39, 0.29) is 11.8 Å². The molecular weight excluding hydrogens is 404 g/mol. The fourth-order valence-electron chi connectivity index (χ4n) is 3.23. The minimum atomic E-state index is -0.316. The summed E-state index contributed by atoms with van der Waals surface area (Å²) in [4.78, 5) is 25.2. The molecule has 3 aromatic rings. The van der Waals surface area contributed by atoms with Gasteiger partial charge in [-0.1, -0.05) is 6.92 Å². The van der Waals surface area contributed by atoms with Gasteiger partial charge in [0.25, 0.3) is 0 Å². The molecule has 0 bridgehead atoms. The van der Waals surface area contributed by atoms with E-state index in [1.165, 1.54) is 6.21 Å². The number of hydrogen-bond donors (Lipinski definition) is 2. The summed E-state index contributed by atoms with van der Waals surface area (Å²) in [5, 5.41) is 13.1. The van der Waals surface area contributed by atoms with Gasteiger partial charge in [0.1, 0.15) is 5.78 Å². The molecule has 0 spiro atoms. The molecule has 0 aromatic carbocycles. The molecule has 0 fully saturated rings. The van der Waals surface area contributed by atoms with Crippen LogP contribution < -0.4 is 10.2 Å². The third-order valence-corrected chi connectivity index (χ3v) is 5.11. The largest absolute Gasteiger partial charge is 0.481 e. The van der Waals surface area contributed by atoms with Crippen molar-refractivity contribution in [1.82, 2.24) is 20.4 Å². The van der Waals surface area contributed by atoms with Crippen molar-refractivity contribution in [3.05, 3.63) is 60.0 Å². The maximum atomic E-state index is 12.1. The predicted molar refractivity (Wildman–Crippen MR) is 125 cm³/mol. The topological polar surface area (TPSA) is 113 Å². The molecule has 3 aromatic heterocycles. The van der Waals surface area contributed by atoms with E-state index < -0.39 is 0 Å². The van der Waals surface area contributed by atoms with Crippen molar-refractivity contribution >= 4 is 28.7 Å². The Hall–Kier alpha value is -3.68. The first-order valence-electron chi connectivity index (χ1n) is 10.7. The first-order valence-corrected chi connectivity index (χ1v) is 10.7. The number of ketones is 1. The van der Waals surface area contributed by atoms with Gasteiger partial charge in [-0.3, -0.25) is 4.79 Å². The number of carbonyl (C=O) groups is 1. The molecule has 1 atom stereocenters. The smallest absolute Gasteiger partial charge is 0.212 e. The first-order chi connectivity index (χ1) is 15.6. The van der Waals surface area contributed by atoms with Gasteiger partial charge in [-0.05, 0) is 55.2 Å². The number of fused-ring (bicyclic) bond motifs is 1. The Morgan fingerprint density at radius 1 is 1.25 bits per heavy atom. The molecule has 0 aliphatic rings.